The maximum atomic E-state index is 12.6. The van der Waals surface area contributed by atoms with Crippen LogP contribution in [0.25, 0.3) is 0 Å². The maximum absolute atomic E-state index is 12.6. The van der Waals surface area contributed by atoms with Gasteiger partial charge in [0.2, 0.25) is 5.95 Å². The van der Waals surface area contributed by atoms with Crippen molar-refractivity contribution in [3.63, 3.8) is 0 Å². The molecule has 0 bridgehead atoms. The van der Waals surface area contributed by atoms with Crippen LogP contribution in [0.3, 0.4) is 0 Å². The summed E-state index contributed by atoms with van der Waals surface area (Å²) in [7, 11) is 0. The number of aryl methyl sites for hydroxylation is 1. The summed E-state index contributed by atoms with van der Waals surface area (Å²) in [4.78, 5) is 19.2. The second-order valence-corrected chi connectivity index (χ2v) is 3.49. The Morgan fingerprint density at radius 3 is 2.76 bits per heavy atom. The number of carbonyl (C=O) groups is 1. The number of hydrogen-bond donors (Lipinski definition) is 1. The van der Waals surface area contributed by atoms with E-state index in [1.807, 2.05) is 13.0 Å². The van der Waals surface area contributed by atoms with Crippen molar-refractivity contribution < 1.29 is 9.18 Å². The van der Waals surface area contributed by atoms with Crippen LogP contribution in [0, 0.1) is 12.9 Å². The van der Waals surface area contributed by atoms with Crippen molar-refractivity contribution in [2.45, 2.75) is 6.92 Å². The maximum Gasteiger partial charge on any atom is 0.258 e. The topological polar surface area (TPSA) is 54.9 Å². The number of aromatic nitrogens is 2. The zero-order valence-corrected chi connectivity index (χ0v) is 9.14. The first kappa shape index (κ1) is 11.2. The number of pyridine rings is 2. The fourth-order valence-electron chi connectivity index (χ4n) is 1.31. The zero-order chi connectivity index (χ0) is 12.3. The highest BCUT2D eigenvalue weighted by molar-refractivity contribution is 6.03. The Balaban J connectivity index is 2.17. The van der Waals surface area contributed by atoms with Crippen LogP contribution in [0.1, 0.15) is 15.9 Å². The molecule has 0 radical (unpaired) electrons. The molecule has 17 heavy (non-hydrogen) atoms. The van der Waals surface area contributed by atoms with Crippen LogP contribution in [-0.4, -0.2) is 15.9 Å². The number of halogens is 1. The molecule has 0 saturated carbocycles. The minimum Gasteiger partial charge on any atom is -0.306 e. The standard InChI is InChI=1S/C12H10FN3O/c1-8-3-2-6-14-11(8)16-12(17)9-4-5-10(13)15-7-9/h2-7H,1H3,(H,14,16,17). The van der Waals surface area contributed by atoms with E-state index in [0.29, 0.717) is 5.82 Å². The molecule has 2 heterocycles. The molecule has 2 rings (SSSR count). The van der Waals surface area contributed by atoms with Crippen molar-refractivity contribution in [1.82, 2.24) is 9.97 Å². The van der Waals surface area contributed by atoms with Crippen LogP contribution in [0.4, 0.5) is 10.2 Å². The van der Waals surface area contributed by atoms with E-state index in [0.717, 1.165) is 11.6 Å². The highest BCUT2D eigenvalue weighted by Gasteiger charge is 2.08. The van der Waals surface area contributed by atoms with Gasteiger partial charge in [-0.3, -0.25) is 4.79 Å². The third-order valence-corrected chi connectivity index (χ3v) is 2.23. The third-order valence-electron chi connectivity index (χ3n) is 2.23. The van der Waals surface area contributed by atoms with Gasteiger partial charge in [-0.05, 0) is 30.7 Å². The fourth-order valence-corrected chi connectivity index (χ4v) is 1.31. The molecule has 0 unspecified atom stereocenters. The van der Waals surface area contributed by atoms with Crippen molar-refractivity contribution in [2.75, 3.05) is 5.32 Å². The van der Waals surface area contributed by atoms with E-state index >= 15 is 0 Å². The highest BCUT2D eigenvalue weighted by atomic mass is 19.1. The van der Waals surface area contributed by atoms with Gasteiger partial charge in [0.15, 0.2) is 0 Å². The number of nitrogens with zero attached hydrogens (tertiary/aromatic N) is 2. The highest BCUT2D eigenvalue weighted by Crippen LogP contribution is 2.11. The number of amides is 1. The normalized spacial score (nSPS) is 10.0. The Hall–Kier alpha value is -2.30. The second-order valence-electron chi connectivity index (χ2n) is 3.49. The molecule has 5 heteroatoms. The van der Waals surface area contributed by atoms with Crippen LogP contribution in [0.2, 0.25) is 0 Å². The first-order valence-corrected chi connectivity index (χ1v) is 5.01. The van der Waals surface area contributed by atoms with E-state index in [1.165, 1.54) is 12.3 Å². The summed E-state index contributed by atoms with van der Waals surface area (Å²) >= 11 is 0. The van der Waals surface area contributed by atoms with Gasteiger partial charge in [0.05, 0.1) is 5.56 Å². The van der Waals surface area contributed by atoms with Crippen LogP contribution in [0.15, 0.2) is 36.7 Å². The van der Waals surface area contributed by atoms with E-state index in [9.17, 15) is 9.18 Å². The largest absolute Gasteiger partial charge is 0.306 e. The molecule has 2 aromatic rings. The van der Waals surface area contributed by atoms with Crippen LogP contribution >= 0.6 is 0 Å². The van der Waals surface area contributed by atoms with Gasteiger partial charge >= 0.3 is 0 Å². The van der Waals surface area contributed by atoms with Crippen LogP contribution in [-0.2, 0) is 0 Å². The lowest BCUT2D eigenvalue weighted by Crippen LogP contribution is -2.14. The van der Waals surface area contributed by atoms with Gasteiger partial charge in [0.1, 0.15) is 5.82 Å². The number of rotatable bonds is 2. The third kappa shape index (κ3) is 2.63. The summed E-state index contributed by atoms with van der Waals surface area (Å²) in [6.07, 6.45) is 2.77. The zero-order valence-electron chi connectivity index (χ0n) is 9.14. The predicted octanol–water partition coefficient (Wildman–Crippen LogP) is 2.18. The lowest BCUT2D eigenvalue weighted by Gasteiger charge is -2.06. The molecule has 1 amide bonds. The average Bonchev–Trinajstić information content (AvgIpc) is 2.33. The Labute approximate surface area is 97.5 Å². The van der Waals surface area contributed by atoms with E-state index < -0.39 is 5.95 Å². The molecule has 0 aliphatic rings. The molecular formula is C12H10FN3O. The van der Waals surface area contributed by atoms with Crippen LogP contribution < -0.4 is 5.32 Å². The minimum absolute atomic E-state index is 0.288. The van der Waals surface area contributed by atoms with E-state index in [1.54, 1.807) is 12.3 Å². The number of hydrogen-bond acceptors (Lipinski definition) is 3. The minimum atomic E-state index is -0.615. The first-order valence-electron chi connectivity index (χ1n) is 5.01. The van der Waals surface area contributed by atoms with Crippen molar-refractivity contribution in [2.24, 2.45) is 0 Å². The van der Waals surface area contributed by atoms with E-state index in [2.05, 4.69) is 15.3 Å². The molecule has 0 saturated heterocycles. The molecule has 0 aliphatic heterocycles. The SMILES string of the molecule is Cc1cccnc1NC(=O)c1ccc(F)nc1. The molecule has 1 N–H and O–H groups in total. The van der Waals surface area contributed by atoms with Crippen molar-refractivity contribution in [1.29, 1.82) is 0 Å². The Kier molecular flexibility index (Phi) is 3.09. The molecule has 2 aromatic heterocycles. The van der Waals surface area contributed by atoms with E-state index in [-0.39, 0.29) is 11.5 Å². The molecule has 0 atom stereocenters. The van der Waals surface area contributed by atoms with Crippen molar-refractivity contribution in [3.8, 4) is 0 Å². The summed E-state index contributed by atoms with van der Waals surface area (Å²) in [6, 6.07) is 6.13. The number of carbonyl (C=O) groups excluding carboxylic acids is 1. The van der Waals surface area contributed by atoms with E-state index in [4.69, 9.17) is 0 Å². The smallest absolute Gasteiger partial charge is 0.258 e. The lowest BCUT2D eigenvalue weighted by molar-refractivity contribution is 0.102. The van der Waals surface area contributed by atoms with Gasteiger partial charge in [-0.25, -0.2) is 9.97 Å². The number of nitrogens with one attached hydrogen (secondary N) is 1. The molecule has 0 aliphatic carbocycles. The molecule has 4 nitrogen and oxygen atoms in total. The van der Waals surface area contributed by atoms with Gasteiger partial charge < -0.3 is 5.32 Å². The Morgan fingerprint density at radius 2 is 2.12 bits per heavy atom. The molecule has 0 fully saturated rings. The summed E-state index contributed by atoms with van der Waals surface area (Å²) in [5.74, 6) is -0.489. The number of anilines is 1. The summed E-state index contributed by atoms with van der Waals surface area (Å²) < 4.78 is 12.6. The second kappa shape index (κ2) is 4.69. The molecule has 0 aromatic carbocycles. The Morgan fingerprint density at radius 1 is 1.29 bits per heavy atom. The van der Waals surface area contributed by atoms with Gasteiger partial charge in [0, 0.05) is 12.4 Å². The van der Waals surface area contributed by atoms with Gasteiger partial charge in [-0.1, -0.05) is 6.07 Å². The monoisotopic (exact) mass is 231 g/mol. The van der Waals surface area contributed by atoms with Crippen LogP contribution in [0.5, 0.6) is 0 Å². The quantitative estimate of drug-likeness (QED) is 0.806. The molecule has 0 spiro atoms. The fraction of sp³-hybridized carbons (Fsp3) is 0.0833. The molecule has 86 valence electrons. The van der Waals surface area contributed by atoms with Gasteiger partial charge in [0.25, 0.3) is 5.91 Å². The summed E-state index contributed by atoms with van der Waals surface area (Å²) in [5.41, 5.74) is 1.15. The predicted molar refractivity (Wildman–Crippen MR) is 61.1 cm³/mol. The van der Waals surface area contributed by atoms with Gasteiger partial charge in [-0.2, -0.15) is 4.39 Å². The first-order chi connectivity index (χ1) is 8.16. The summed E-state index contributed by atoms with van der Waals surface area (Å²) in [6.45, 7) is 1.84. The average molecular weight is 231 g/mol. The van der Waals surface area contributed by atoms with Crippen molar-refractivity contribution >= 4 is 11.7 Å². The van der Waals surface area contributed by atoms with Gasteiger partial charge in [-0.15, -0.1) is 0 Å². The molecular weight excluding hydrogens is 221 g/mol. The van der Waals surface area contributed by atoms with Crippen molar-refractivity contribution in [3.05, 3.63) is 53.7 Å². The summed E-state index contributed by atoms with van der Waals surface area (Å²) in [5, 5.41) is 2.63. The lowest BCUT2D eigenvalue weighted by atomic mass is 10.2. The Bertz CT molecular complexity index is 540.